The van der Waals surface area contributed by atoms with Crippen molar-refractivity contribution in [2.45, 2.75) is 0 Å². The van der Waals surface area contributed by atoms with Gasteiger partial charge in [0.1, 0.15) is 11.6 Å². The van der Waals surface area contributed by atoms with E-state index in [-0.39, 0.29) is 11.4 Å². The number of nitrogens with two attached hydrogens (primary N) is 1. The van der Waals surface area contributed by atoms with Gasteiger partial charge < -0.3 is 10.3 Å². The Morgan fingerprint density at radius 1 is 1.05 bits per heavy atom. The van der Waals surface area contributed by atoms with Crippen LogP contribution in [0.15, 0.2) is 51.5 Å². The summed E-state index contributed by atoms with van der Waals surface area (Å²) in [4.78, 5) is 0. The molecule has 1 heterocycles. The van der Waals surface area contributed by atoms with Gasteiger partial charge in [0, 0.05) is 16.1 Å². The third-order valence-electron chi connectivity index (χ3n) is 2.99. The van der Waals surface area contributed by atoms with Crippen molar-refractivity contribution < 1.29 is 13.3 Å². The Labute approximate surface area is 127 Å². The van der Waals surface area contributed by atoms with Crippen LogP contribution < -0.4 is 5.73 Å². The maximum Gasteiger partial charge on any atom is 0.178 e. The van der Waals surface area contributed by atoms with Crippen molar-refractivity contribution in [1.29, 1.82) is 0 Å². The van der Waals surface area contributed by atoms with Gasteiger partial charge in [0.05, 0.1) is 5.56 Å². The van der Waals surface area contributed by atoms with Crippen LogP contribution in [0.4, 0.5) is 14.6 Å². The molecule has 1 aromatic heterocycles. The maximum absolute atomic E-state index is 13.4. The number of hydrogen-bond acceptors (Lipinski definition) is 3. The first-order valence-corrected chi connectivity index (χ1v) is 6.82. The lowest BCUT2D eigenvalue weighted by atomic mass is 10.0. The Balaban J connectivity index is 2.25. The molecule has 3 aromatic rings. The van der Waals surface area contributed by atoms with Crippen LogP contribution in [0.25, 0.3) is 22.5 Å². The highest BCUT2D eigenvalue weighted by Gasteiger charge is 2.20. The second-order valence-electron chi connectivity index (χ2n) is 4.41. The monoisotopic (exact) mass is 350 g/mol. The van der Waals surface area contributed by atoms with Crippen LogP contribution in [0.2, 0.25) is 0 Å². The van der Waals surface area contributed by atoms with Crippen LogP contribution in [-0.2, 0) is 0 Å². The fourth-order valence-corrected chi connectivity index (χ4v) is 2.57. The minimum Gasteiger partial charge on any atom is -0.380 e. The number of rotatable bonds is 2. The van der Waals surface area contributed by atoms with Crippen LogP contribution >= 0.6 is 15.9 Å². The van der Waals surface area contributed by atoms with Gasteiger partial charge in [-0.15, -0.1) is 0 Å². The van der Waals surface area contributed by atoms with E-state index in [0.29, 0.717) is 16.9 Å². The first-order chi connectivity index (χ1) is 10.1. The molecule has 0 aliphatic carbocycles. The number of aromatic nitrogens is 1. The highest BCUT2D eigenvalue weighted by molar-refractivity contribution is 9.10. The van der Waals surface area contributed by atoms with Crippen LogP contribution in [-0.4, -0.2) is 5.16 Å². The van der Waals surface area contributed by atoms with E-state index < -0.39 is 11.6 Å². The van der Waals surface area contributed by atoms with E-state index in [1.807, 2.05) is 18.2 Å². The number of anilines is 1. The predicted octanol–water partition coefficient (Wildman–Crippen LogP) is 4.63. The largest absolute Gasteiger partial charge is 0.380 e. The second kappa shape index (κ2) is 5.29. The Morgan fingerprint density at radius 2 is 1.71 bits per heavy atom. The summed E-state index contributed by atoms with van der Waals surface area (Å²) in [5, 5.41) is 3.71. The van der Waals surface area contributed by atoms with Gasteiger partial charge in [0.25, 0.3) is 0 Å². The van der Waals surface area contributed by atoms with Crippen LogP contribution in [0, 0.1) is 11.6 Å². The van der Waals surface area contributed by atoms with E-state index >= 15 is 0 Å². The summed E-state index contributed by atoms with van der Waals surface area (Å²) < 4.78 is 32.9. The molecule has 0 amide bonds. The van der Waals surface area contributed by atoms with Gasteiger partial charge >= 0.3 is 0 Å². The zero-order chi connectivity index (χ0) is 15.0. The summed E-state index contributed by atoms with van der Waals surface area (Å²) in [7, 11) is 0. The average molecular weight is 351 g/mol. The minimum atomic E-state index is -0.691. The first-order valence-electron chi connectivity index (χ1n) is 6.03. The summed E-state index contributed by atoms with van der Waals surface area (Å²) in [5.74, 6) is -0.955. The molecule has 6 heteroatoms. The molecular formula is C15H9BrF2N2O. The molecule has 0 aliphatic rings. The third kappa shape index (κ3) is 2.54. The number of hydrogen-bond donors (Lipinski definition) is 1. The lowest BCUT2D eigenvalue weighted by molar-refractivity contribution is 0.436. The fraction of sp³-hybridized carbons (Fsp3) is 0. The number of benzene rings is 2. The highest BCUT2D eigenvalue weighted by Crippen LogP contribution is 2.39. The van der Waals surface area contributed by atoms with Crippen molar-refractivity contribution >= 4 is 21.7 Å². The average Bonchev–Trinajstić information content (AvgIpc) is 2.80. The Bertz CT molecular complexity index is 797. The van der Waals surface area contributed by atoms with Crippen molar-refractivity contribution in [2.75, 3.05) is 5.73 Å². The summed E-state index contributed by atoms with van der Waals surface area (Å²) in [5.41, 5.74) is 7.13. The van der Waals surface area contributed by atoms with Crippen LogP contribution in [0.1, 0.15) is 0 Å². The van der Waals surface area contributed by atoms with Gasteiger partial charge in [0.2, 0.25) is 0 Å². The fourth-order valence-electron chi connectivity index (χ4n) is 2.11. The molecule has 0 saturated carbocycles. The molecule has 21 heavy (non-hydrogen) atoms. The van der Waals surface area contributed by atoms with Gasteiger partial charge in [-0.1, -0.05) is 33.2 Å². The van der Waals surface area contributed by atoms with Crippen molar-refractivity contribution in [3.63, 3.8) is 0 Å². The number of nitrogens with zero attached hydrogens (tertiary/aromatic N) is 1. The van der Waals surface area contributed by atoms with Crippen molar-refractivity contribution in [2.24, 2.45) is 0 Å². The molecule has 0 atom stereocenters. The molecule has 0 saturated heterocycles. The van der Waals surface area contributed by atoms with Gasteiger partial charge in [0.15, 0.2) is 11.6 Å². The second-order valence-corrected chi connectivity index (χ2v) is 5.26. The molecule has 0 aliphatic heterocycles. The summed E-state index contributed by atoms with van der Waals surface area (Å²) >= 11 is 3.40. The van der Waals surface area contributed by atoms with Gasteiger partial charge in [-0.25, -0.2) is 8.78 Å². The standard InChI is InChI=1S/C15H9BrF2N2O/c16-12-4-2-1-3-11(12)14-13(15(19)20-21-14)8-5-9(17)7-10(18)6-8/h1-7H,(H2,19,20). The smallest absolute Gasteiger partial charge is 0.178 e. The van der Waals surface area contributed by atoms with E-state index in [9.17, 15) is 8.78 Å². The first kappa shape index (κ1) is 13.8. The van der Waals surface area contributed by atoms with Gasteiger partial charge in [-0.3, -0.25) is 0 Å². The maximum atomic E-state index is 13.4. The molecule has 2 N–H and O–H groups in total. The van der Waals surface area contributed by atoms with Crippen LogP contribution in [0.3, 0.4) is 0 Å². The van der Waals surface area contributed by atoms with Crippen molar-refractivity contribution in [3.8, 4) is 22.5 Å². The highest BCUT2D eigenvalue weighted by atomic mass is 79.9. The summed E-state index contributed by atoms with van der Waals surface area (Å²) in [6.45, 7) is 0. The molecule has 0 unspecified atom stereocenters. The third-order valence-corrected chi connectivity index (χ3v) is 3.68. The molecule has 2 aromatic carbocycles. The summed E-state index contributed by atoms with van der Waals surface area (Å²) in [6.07, 6.45) is 0. The van der Waals surface area contributed by atoms with E-state index in [1.165, 1.54) is 12.1 Å². The molecule has 3 rings (SSSR count). The molecular weight excluding hydrogens is 342 g/mol. The van der Waals surface area contributed by atoms with Crippen molar-refractivity contribution in [3.05, 3.63) is 58.6 Å². The number of nitrogen functional groups attached to an aromatic ring is 1. The Morgan fingerprint density at radius 3 is 2.38 bits per heavy atom. The molecule has 0 fully saturated rings. The zero-order valence-corrected chi connectivity index (χ0v) is 12.2. The quantitative estimate of drug-likeness (QED) is 0.732. The zero-order valence-electron chi connectivity index (χ0n) is 10.6. The van der Waals surface area contributed by atoms with E-state index in [0.717, 1.165) is 10.5 Å². The topological polar surface area (TPSA) is 52.0 Å². The summed E-state index contributed by atoms with van der Waals surface area (Å²) in [6, 6.07) is 10.4. The molecule has 3 nitrogen and oxygen atoms in total. The Hall–Kier alpha value is -2.21. The Kier molecular flexibility index (Phi) is 3.47. The van der Waals surface area contributed by atoms with Gasteiger partial charge in [-0.2, -0.15) is 0 Å². The van der Waals surface area contributed by atoms with E-state index in [2.05, 4.69) is 21.1 Å². The van der Waals surface area contributed by atoms with Crippen LogP contribution in [0.5, 0.6) is 0 Å². The molecule has 0 radical (unpaired) electrons. The lowest BCUT2D eigenvalue weighted by Gasteiger charge is -2.05. The minimum absolute atomic E-state index is 0.0748. The lowest BCUT2D eigenvalue weighted by Crippen LogP contribution is -1.91. The molecule has 0 bridgehead atoms. The molecule has 0 spiro atoms. The van der Waals surface area contributed by atoms with E-state index in [4.69, 9.17) is 10.3 Å². The SMILES string of the molecule is Nc1noc(-c2ccccc2Br)c1-c1cc(F)cc(F)c1. The normalized spacial score (nSPS) is 10.8. The van der Waals surface area contributed by atoms with Gasteiger partial charge in [-0.05, 0) is 29.8 Å². The number of halogens is 3. The predicted molar refractivity (Wildman–Crippen MR) is 79.4 cm³/mol. The molecule has 106 valence electrons. The van der Waals surface area contributed by atoms with Crippen molar-refractivity contribution in [1.82, 2.24) is 5.16 Å². The van der Waals surface area contributed by atoms with E-state index in [1.54, 1.807) is 6.07 Å².